The lowest BCUT2D eigenvalue weighted by molar-refractivity contribution is 0.169. The summed E-state index contributed by atoms with van der Waals surface area (Å²) in [5.41, 5.74) is 4.51. The number of aliphatic hydroxyl groups excluding tert-OH is 1. The molecule has 3 rings (SSSR count). The molecule has 0 amide bonds. The van der Waals surface area contributed by atoms with Crippen LogP contribution in [0.4, 0.5) is 4.39 Å². The summed E-state index contributed by atoms with van der Waals surface area (Å²) in [4.78, 5) is 0. The Morgan fingerprint density at radius 1 is 1.17 bits per heavy atom. The molecule has 0 saturated heterocycles. The third kappa shape index (κ3) is 3.69. The number of rotatable bonds is 6. The van der Waals surface area contributed by atoms with E-state index in [0.29, 0.717) is 12.1 Å². The lowest BCUT2D eigenvalue weighted by atomic mass is 10.1. The van der Waals surface area contributed by atoms with E-state index < -0.39 is 11.9 Å². The lowest BCUT2D eigenvalue weighted by Gasteiger charge is -2.13. The van der Waals surface area contributed by atoms with Gasteiger partial charge in [-0.05, 0) is 18.6 Å². The van der Waals surface area contributed by atoms with Crippen LogP contribution < -0.4 is 5.32 Å². The Hall–Kier alpha value is -2.50. The summed E-state index contributed by atoms with van der Waals surface area (Å²) in [7, 11) is 0. The quantitative estimate of drug-likeness (QED) is 0.651. The number of hydrogen-bond donors (Lipinski definition) is 3. The second-order valence-corrected chi connectivity index (χ2v) is 5.80. The number of benzene rings is 2. The average molecular weight is 325 g/mol. The number of aliphatic hydroxyl groups is 1. The summed E-state index contributed by atoms with van der Waals surface area (Å²) >= 11 is 0. The molecule has 1 atom stereocenters. The molecular formula is C19H20FN3O. The first-order chi connectivity index (χ1) is 11.6. The molecule has 0 aliphatic heterocycles. The van der Waals surface area contributed by atoms with Crippen molar-refractivity contribution < 1.29 is 9.50 Å². The van der Waals surface area contributed by atoms with Gasteiger partial charge in [0, 0.05) is 24.2 Å². The number of aromatic amines is 1. The normalized spacial score (nSPS) is 12.3. The molecular weight excluding hydrogens is 305 g/mol. The van der Waals surface area contributed by atoms with Crippen LogP contribution >= 0.6 is 0 Å². The number of aryl methyl sites for hydroxylation is 1. The summed E-state index contributed by atoms with van der Waals surface area (Å²) in [6, 6.07) is 14.5. The van der Waals surface area contributed by atoms with Gasteiger partial charge in [-0.2, -0.15) is 5.10 Å². The van der Waals surface area contributed by atoms with Crippen LogP contribution in [0.25, 0.3) is 11.3 Å². The highest BCUT2D eigenvalue weighted by atomic mass is 19.1. The van der Waals surface area contributed by atoms with E-state index in [-0.39, 0.29) is 6.54 Å². The molecule has 124 valence electrons. The van der Waals surface area contributed by atoms with E-state index in [1.54, 1.807) is 24.4 Å². The smallest absolute Gasteiger partial charge is 0.129 e. The molecule has 0 aliphatic carbocycles. The van der Waals surface area contributed by atoms with Crippen LogP contribution in [0.3, 0.4) is 0 Å². The van der Waals surface area contributed by atoms with Gasteiger partial charge in [-0.25, -0.2) is 4.39 Å². The van der Waals surface area contributed by atoms with Gasteiger partial charge in [-0.1, -0.05) is 48.0 Å². The van der Waals surface area contributed by atoms with Gasteiger partial charge < -0.3 is 10.4 Å². The minimum absolute atomic E-state index is 0.263. The van der Waals surface area contributed by atoms with E-state index in [1.165, 1.54) is 11.6 Å². The van der Waals surface area contributed by atoms with E-state index in [4.69, 9.17) is 0 Å². The second kappa shape index (κ2) is 7.38. The molecule has 1 unspecified atom stereocenters. The molecule has 2 aromatic carbocycles. The lowest BCUT2D eigenvalue weighted by Crippen LogP contribution is -2.21. The first kappa shape index (κ1) is 16.4. The molecule has 1 heterocycles. The maximum absolute atomic E-state index is 13.7. The molecule has 0 fully saturated rings. The van der Waals surface area contributed by atoms with E-state index in [0.717, 1.165) is 16.8 Å². The molecule has 3 aromatic rings. The van der Waals surface area contributed by atoms with Gasteiger partial charge in [-0.15, -0.1) is 0 Å². The van der Waals surface area contributed by atoms with Crippen LogP contribution in [0.1, 0.15) is 22.8 Å². The number of aromatic nitrogens is 2. The summed E-state index contributed by atoms with van der Waals surface area (Å²) in [6.07, 6.45) is 0.874. The predicted octanol–water partition coefficient (Wildman–Crippen LogP) is 3.35. The number of nitrogens with zero attached hydrogens (tertiary/aromatic N) is 1. The first-order valence-electron chi connectivity index (χ1n) is 7.87. The minimum atomic E-state index is -0.888. The molecule has 5 heteroatoms. The maximum atomic E-state index is 13.7. The molecule has 24 heavy (non-hydrogen) atoms. The van der Waals surface area contributed by atoms with E-state index >= 15 is 0 Å². The molecule has 0 spiro atoms. The van der Waals surface area contributed by atoms with Gasteiger partial charge in [0.2, 0.25) is 0 Å². The highest BCUT2D eigenvalue weighted by Gasteiger charge is 2.13. The third-order valence-electron chi connectivity index (χ3n) is 3.98. The van der Waals surface area contributed by atoms with Gasteiger partial charge in [-0.3, -0.25) is 5.10 Å². The first-order valence-corrected chi connectivity index (χ1v) is 7.87. The standard InChI is InChI=1S/C19H20FN3O/c1-13-6-8-14(9-7-13)19-15(11-22-23-19)10-21-12-18(24)16-4-2-3-5-17(16)20/h2-9,11,18,21,24H,10,12H2,1H3,(H,22,23). The summed E-state index contributed by atoms with van der Waals surface area (Å²) in [6.45, 7) is 2.84. The van der Waals surface area contributed by atoms with Crippen LogP contribution in [0.2, 0.25) is 0 Å². The van der Waals surface area contributed by atoms with Gasteiger partial charge >= 0.3 is 0 Å². The Kier molecular flexibility index (Phi) is 5.03. The van der Waals surface area contributed by atoms with Crippen molar-refractivity contribution in [1.82, 2.24) is 15.5 Å². The van der Waals surface area contributed by atoms with Crippen molar-refractivity contribution in [3.63, 3.8) is 0 Å². The van der Waals surface area contributed by atoms with Crippen LogP contribution in [0, 0.1) is 12.7 Å². The fraction of sp³-hybridized carbons (Fsp3) is 0.211. The Labute approximate surface area is 140 Å². The van der Waals surface area contributed by atoms with E-state index in [2.05, 4.69) is 27.6 Å². The zero-order chi connectivity index (χ0) is 16.9. The summed E-state index contributed by atoms with van der Waals surface area (Å²) < 4.78 is 13.7. The monoisotopic (exact) mass is 325 g/mol. The van der Waals surface area contributed by atoms with Crippen LogP contribution in [0.15, 0.2) is 54.7 Å². The molecule has 4 nitrogen and oxygen atoms in total. The van der Waals surface area contributed by atoms with Crippen molar-refractivity contribution in [3.05, 3.63) is 77.2 Å². The van der Waals surface area contributed by atoms with Crippen LogP contribution in [-0.4, -0.2) is 21.8 Å². The highest BCUT2D eigenvalue weighted by Crippen LogP contribution is 2.22. The van der Waals surface area contributed by atoms with Crippen LogP contribution in [-0.2, 0) is 6.54 Å². The van der Waals surface area contributed by atoms with Crippen molar-refractivity contribution in [1.29, 1.82) is 0 Å². The largest absolute Gasteiger partial charge is 0.387 e. The third-order valence-corrected chi connectivity index (χ3v) is 3.98. The topological polar surface area (TPSA) is 60.9 Å². The van der Waals surface area contributed by atoms with Crippen molar-refractivity contribution in [2.24, 2.45) is 0 Å². The Morgan fingerprint density at radius 2 is 1.92 bits per heavy atom. The zero-order valence-electron chi connectivity index (χ0n) is 13.5. The van der Waals surface area contributed by atoms with Gasteiger partial charge in [0.1, 0.15) is 5.82 Å². The second-order valence-electron chi connectivity index (χ2n) is 5.80. The van der Waals surface area contributed by atoms with Crippen molar-refractivity contribution in [2.75, 3.05) is 6.54 Å². The molecule has 0 radical (unpaired) electrons. The maximum Gasteiger partial charge on any atom is 0.129 e. The highest BCUT2D eigenvalue weighted by molar-refractivity contribution is 5.62. The predicted molar refractivity (Wildman–Crippen MR) is 91.8 cm³/mol. The van der Waals surface area contributed by atoms with Gasteiger partial charge in [0.15, 0.2) is 0 Å². The SMILES string of the molecule is Cc1ccc(-c2[nH]ncc2CNCC(O)c2ccccc2F)cc1. The molecule has 0 saturated carbocycles. The number of H-pyrrole nitrogens is 1. The van der Waals surface area contributed by atoms with Crippen LogP contribution in [0.5, 0.6) is 0 Å². The van der Waals surface area contributed by atoms with Crippen molar-refractivity contribution >= 4 is 0 Å². The zero-order valence-corrected chi connectivity index (χ0v) is 13.5. The fourth-order valence-corrected chi connectivity index (χ4v) is 2.61. The Morgan fingerprint density at radius 3 is 2.67 bits per heavy atom. The Bertz CT molecular complexity index is 798. The fourth-order valence-electron chi connectivity index (χ4n) is 2.61. The van der Waals surface area contributed by atoms with Crippen molar-refractivity contribution in [3.8, 4) is 11.3 Å². The minimum Gasteiger partial charge on any atom is -0.387 e. The number of nitrogens with one attached hydrogen (secondary N) is 2. The average Bonchev–Trinajstić information content (AvgIpc) is 3.04. The molecule has 0 aliphatic rings. The van der Waals surface area contributed by atoms with Crippen molar-refractivity contribution in [2.45, 2.75) is 19.6 Å². The molecule has 0 bridgehead atoms. The summed E-state index contributed by atoms with van der Waals surface area (Å²) in [5.74, 6) is -0.393. The summed E-state index contributed by atoms with van der Waals surface area (Å²) in [5, 5.41) is 20.4. The van der Waals surface area contributed by atoms with Gasteiger partial charge in [0.25, 0.3) is 0 Å². The number of halogens is 1. The van der Waals surface area contributed by atoms with E-state index in [9.17, 15) is 9.50 Å². The van der Waals surface area contributed by atoms with Gasteiger partial charge in [0.05, 0.1) is 18.0 Å². The molecule has 3 N–H and O–H groups in total. The molecule has 1 aromatic heterocycles. The number of hydrogen-bond acceptors (Lipinski definition) is 3. The van der Waals surface area contributed by atoms with E-state index in [1.807, 2.05) is 19.1 Å². The Balaban J connectivity index is 1.63.